The molecular weight excluding hydrogens is 587 g/mol. The van der Waals surface area contributed by atoms with E-state index >= 15 is 8.78 Å². The van der Waals surface area contributed by atoms with Crippen molar-refractivity contribution in [1.82, 2.24) is 10.2 Å². The number of alkyl halides is 2. The normalized spacial score (nSPS) is 26.1. The molecule has 2 aromatic rings. The summed E-state index contributed by atoms with van der Waals surface area (Å²) in [6, 6.07) is 9.74. The standard InChI is InChI=1S/C31H33Cl2F2N3O4/c1-5-11-42-27(40)24-23(26(39)36-10-9-17-7-6-8-18(12-17)29(2,3)4)22-15-30(34,35)16-38(22)31(24)20-13-19(32)14-21(33)25(20)37-28(31)41/h5-8,12-14,22-24H,1,9-11,15-16H2,2-4H3,(H,36,39)(H,37,41). The number of carbonyl (C=O) groups is 3. The topological polar surface area (TPSA) is 87.7 Å². The molecule has 2 amide bonds. The highest BCUT2D eigenvalue weighted by molar-refractivity contribution is 6.38. The Labute approximate surface area is 253 Å². The molecule has 4 unspecified atom stereocenters. The lowest BCUT2D eigenvalue weighted by Gasteiger charge is -2.36. The third kappa shape index (κ3) is 5.09. The van der Waals surface area contributed by atoms with Crippen LogP contribution in [0.15, 0.2) is 49.1 Å². The van der Waals surface area contributed by atoms with Gasteiger partial charge in [-0.3, -0.25) is 19.3 Å². The summed E-state index contributed by atoms with van der Waals surface area (Å²) in [6.07, 6.45) is 1.13. The summed E-state index contributed by atoms with van der Waals surface area (Å²) in [6.45, 7) is 9.07. The largest absolute Gasteiger partial charge is 0.461 e. The van der Waals surface area contributed by atoms with E-state index in [0.717, 1.165) is 11.1 Å². The van der Waals surface area contributed by atoms with Crippen molar-refractivity contribution in [3.05, 3.63) is 75.8 Å². The Hall–Kier alpha value is -3.01. The Morgan fingerprint density at radius 1 is 1.24 bits per heavy atom. The van der Waals surface area contributed by atoms with Gasteiger partial charge < -0.3 is 15.4 Å². The van der Waals surface area contributed by atoms with Crippen LogP contribution in [0.1, 0.15) is 43.9 Å². The number of halogens is 4. The molecule has 0 aromatic heterocycles. The Morgan fingerprint density at radius 3 is 2.67 bits per heavy atom. The summed E-state index contributed by atoms with van der Waals surface area (Å²) in [7, 11) is 0. The summed E-state index contributed by atoms with van der Waals surface area (Å²) in [4.78, 5) is 42.8. The van der Waals surface area contributed by atoms with Crippen molar-refractivity contribution >= 4 is 46.7 Å². The average Bonchev–Trinajstić information content (AvgIpc) is 3.48. The number of anilines is 1. The Morgan fingerprint density at radius 2 is 1.98 bits per heavy atom. The van der Waals surface area contributed by atoms with E-state index in [-0.39, 0.29) is 39.9 Å². The van der Waals surface area contributed by atoms with Crippen LogP contribution in [-0.4, -0.2) is 54.3 Å². The number of benzene rings is 2. The van der Waals surface area contributed by atoms with Crippen molar-refractivity contribution in [2.24, 2.45) is 11.8 Å². The minimum Gasteiger partial charge on any atom is -0.461 e. The second-order valence-electron chi connectivity index (χ2n) is 12.2. The fraction of sp³-hybridized carbons (Fsp3) is 0.452. The molecule has 42 heavy (non-hydrogen) atoms. The number of nitrogens with zero attached hydrogens (tertiary/aromatic N) is 1. The van der Waals surface area contributed by atoms with Crippen LogP contribution in [0.25, 0.3) is 0 Å². The van der Waals surface area contributed by atoms with E-state index in [1.807, 2.05) is 18.2 Å². The summed E-state index contributed by atoms with van der Waals surface area (Å²) in [5.41, 5.74) is 0.438. The maximum atomic E-state index is 15.1. The maximum absolute atomic E-state index is 15.1. The van der Waals surface area contributed by atoms with Gasteiger partial charge in [-0.15, -0.1) is 0 Å². The Balaban J connectivity index is 1.53. The van der Waals surface area contributed by atoms with E-state index in [9.17, 15) is 14.4 Å². The molecule has 7 nitrogen and oxygen atoms in total. The molecule has 11 heteroatoms. The fourth-order valence-electron chi connectivity index (χ4n) is 6.66. The fourth-order valence-corrected chi connectivity index (χ4v) is 7.20. The molecule has 2 aromatic carbocycles. The third-order valence-corrected chi connectivity index (χ3v) is 8.96. The zero-order chi connectivity index (χ0) is 30.6. The number of hydrogen-bond donors (Lipinski definition) is 2. The number of fused-ring (bicyclic) bond motifs is 4. The van der Waals surface area contributed by atoms with E-state index in [4.69, 9.17) is 27.9 Å². The monoisotopic (exact) mass is 619 g/mol. The number of ether oxygens (including phenoxy) is 1. The minimum atomic E-state index is -3.20. The van der Waals surface area contributed by atoms with Gasteiger partial charge in [0.25, 0.3) is 11.8 Å². The van der Waals surface area contributed by atoms with Gasteiger partial charge in [0.05, 0.1) is 23.2 Å². The highest BCUT2D eigenvalue weighted by Crippen LogP contribution is 2.61. The molecule has 5 rings (SSSR count). The summed E-state index contributed by atoms with van der Waals surface area (Å²) >= 11 is 12.7. The molecule has 0 radical (unpaired) electrons. The van der Waals surface area contributed by atoms with Crippen LogP contribution in [-0.2, 0) is 36.5 Å². The summed E-state index contributed by atoms with van der Waals surface area (Å²) < 4.78 is 35.5. The predicted octanol–water partition coefficient (Wildman–Crippen LogP) is 5.48. The molecule has 2 N–H and O–H groups in total. The van der Waals surface area contributed by atoms with Crippen LogP contribution in [0.2, 0.25) is 10.0 Å². The number of nitrogens with one attached hydrogen (secondary N) is 2. The van der Waals surface area contributed by atoms with E-state index in [1.54, 1.807) is 0 Å². The Kier molecular flexibility index (Phi) is 7.92. The first kappa shape index (κ1) is 30.4. The van der Waals surface area contributed by atoms with Crippen LogP contribution in [0.3, 0.4) is 0 Å². The van der Waals surface area contributed by atoms with Gasteiger partial charge >= 0.3 is 5.97 Å². The SMILES string of the molecule is C=CCOC(=O)C1C(C(=O)NCCc2cccc(C(C)(C)C)c2)C2CC(F)(F)CN2C12C(=O)Nc1c(Cl)cc(Cl)cc12. The molecule has 2 fully saturated rings. The van der Waals surface area contributed by atoms with Gasteiger partial charge in [-0.25, -0.2) is 8.78 Å². The first-order valence-electron chi connectivity index (χ1n) is 13.8. The molecule has 3 heterocycles. The minimum absolute atomic E-state index is 0.0580. The second kappa shape index (κ2) is 10.9. The number of amides is 2. The van der Waals surface area contributed by atoms with Gasteiger partial charge in [-0.05, 0) is 35.1 Å². The Bertz CT molecular complexity index is 1460. The molecule has 3 aliphatic rings. The van der Waals surface area contributed by atoms with Gasteiger partial charge in [-0.2, -0.15) is 0 Å². The zero-order valence-corrected chi connectivity index (χ0v) is 25.1. The molecule has 0 aliphatic carbocycles. The molecule has 1 spiro atoms. The maximum Gasteiger partial charge on any atom is 0.312 e. The lowest BCUT2D eigenvalue weighted by atomic mass is 9.73. The van der Waals surface area contributed by atoms with E-state index in [2.05, 4.69) is 44.1 Å². The average molecular weight is 621 g/mol. The second-order valence-corrected chi connectivity index (χ2v) is 13.0. The van der Waals surface area contributed by atoms with Crippen LogP contribution < -0.4 is 10.6 Å². The van der Waals surface area contributed by atoms with Gasteiger partial charge in [0.15, 0.2) is 0 Å². The van der Waals surface area contributed by atoms with Crippen molar-refractivity contribution in [1.29, 1.82) is 0 Å². The lowest BCUT2D eigenvalue weighted by Crippen LogP contribution is -2.54. The predicted molar refractivity (Wildman–Crippen MR) is 157 cm³/mol. The van der Waals surface area contributed by atoms with Crippen molar-refractivity contribution < 1.29 is 27.9 Å². The van der Waals surface area contributed by atoms with Gasteiger partial charge in [-0.1, -0.05) is 80.9 Å². The van der Waals surface area contributed by atoms with Crippen molar-refractivity contribution in [3.63, 3.8) is 0 Å². The van der Waals surface area contributed by atoms with E-state index in [0.29, 0.717) is 6.42 Å². The molecule has 0 saturated carbocycles. The van der Waals surface area contributed by atoms with Crippen molar-refractivity contribution in [3.8, 4) is 0 Å². The third-order valence-electron chi connectivity index (χ3n) is 8.44. The van der Waals surface area contributed by atoms with Gasteiger partial charge in [0.1, 0.15) is 18.1 Å². The number of rotatable bonds is 7. The number of carbonyl (C=O) groups excluding carboxylic acids is 3. The van der Waals surface area contributed by atoms with Gasteiger partial charge in [0.2, 0.25) is 5.91 Å². The quantitative estimate of drug-likeness (QED) is 0.316. The molecule has 0 bridgehead atoms. The smallest absolute Gasteiger partial charge is 0.312 e. The lowest BCUT2D eigenvalue weighted by molar-refractivity contribution is -0.158. The van der Waals surface area contributed by atoms with E-state index in [1.165, 1.54) is 23.1 Å². The van der Waals surface area contributed by atoms with Crippen molar-refractivity contribution in [2.75, 3.05) is 25.0 Å². The highest BCUT2D eigenvalue weighted by atomic mass is 35.5. The number of hydrogen-bond acceptors (Lipinski definition) is 5. The summed E-state index contributed by atoms with van der Waals surface area (Å²) in [5.74, 6) is -8.18. The first-order chi connectivity index (χ1) is 19.7. The molecular formula is C31H33Cl2F2N3O4. The van der Waals surface area contributed by atoms with Crippen molar-refractivity contribution in [2.45, 2.75) is 56.5 Å². The molecule has 4 atom stereocenters. The van der Waals surface area contributed by atoms with Crippen LogP contribution in [0, 0.1) is 11.8 Å². The zero-order valence-electron chi connectivity index (χ0n) is 23.6. The van der Waals surface area contributed by atoms with Crippen LogP contribution >= 0.6 is 23.2 Å². The molecule has 3 aliphatic heterocycles. The highest BCUT2D eigenvalue weighted by Gasteiger charge is 2.74. The van der Waals surface area contributed by atoms with Crippen LogP contribution in [0.4, 0.5) is 14.5 Å². The van der Waals surface area contributed by atoms with Gasteiger partial charge in [0, 0.05) is 29.6 Å². The molecule has 2 saturated heterocycles. The first-order valence-corrected chi connectivity index (χ1v) is 14.6. The number of esters is 1. The van der Waals surface area contributed by atoms with E-state index < -0.39 is 60.1 Å². The van der Waals surface area contributed by atoms with Crippen LogP contribution in [0.5, 0.6) is 0 Å². The molecule has 224 valence electrons. The summed E-state index contributed by atoms with van der Waals surface area (Å²) in [5, 5.41) is 5.78.